The molecule has 0 atom stereocenters. The van der Waals surface area contributed by atoms with E-state index >= 15 is 0 Å². The molecule has 0 saturated heterocycles. The van der Waals surface area contributed by atoms with Gasteiger partial charge in [-0.3, -0.25) is 4.79 Å². The van der Waals surface area contributed by atoms with Crippen molar-refractivity contribution < 1.29 is 4.79 Å². The van der Waals surface area contributed by atoms with E-state index in [9.17, 15) is 4.79 Å². The summed E-state index contributed by atoms with van der Waals surface area (Å²) in [7, 11) is 0. The Labute approximate surface area is 162 Å². The molecule has 0 bridgehead atoms. The van der Waals surface area contributed by atoms with Gasteiger partial charge in [-0.2, -0.15) is 0 Å². The van der Waals surface area contributed by atoms with Crippen molar-refractivity contribution in [1.29, 1.82) is 0 Å². The third kappa shape index (κ3) is 2.28. The molecule has 5 rings (SSSR count). The minimum absolute atomic E-state index is 0.148. The standard InChI is InChI=1S/C24H19NOS/c1-24(2)19-11-5-6-12-22(19)25(23-20(24)14-17(15-26)27-23)21-13-7-9-16-8-3-4-10-18(16)21/h3-15H,1-2H3. The molecule has 3 heteroatoms. The number of anilines is 3. The van der Waals surface area contributed by atoms with Crippen LogP contribution in [0.15, 0.2) is 72.8 Å². The molecule has 1 aromatic heterocycles. The van der Waals surface area contributed by atoms with E-state index in [-0.39, 0.29) is 5.41 Å². The predicted molar refractivity (Wildman–Crippen MR) is 114 cm³/mol. The maximum Gasteiger partial charge on any atom is 0.160 e. The fourth-order valence-corrected chi connectivity index (χ4v) is 5.33. The van der Waals surface area contributed by atoms with Crippen LogP contribution in [0.5, 0.6) is 0 Å². The summed E-state index contributed by atoms with van der Waals surface area (Å²) < 4.78 is 0. The van der Waals surface area contributed by atoms with Crippen LogP contribution in [0.25, 0.3) is 10.8 Å². The molecule has 0 spiro atoms. The summed E-state index contributed by atoms with van der Waals surface area (Å²) in [5.74, 6) is 0. The van der Waals surface area contributed by atoms with Gasteiger partial charge < -0.3 is 4.90 Å². The van der Waals surface area contributed by atoms with Crippen LogP contribution in [0, 0.1) is 0 Å². The molecule has 0 aliphatic carbocycles. The van der Waals surface area contributed by atoms with Gasteiger partial charge in [0.1, 0.15) is 5.00 Å². The normalized spacial score (nSPS) is 14.7. The lowest BCUT2D eigenvalue weighted by Crippen LogP contribution is -2.29. The molecule has 132 valence electrons. The van der Waals surface area contributed by atoms with E-state index in [2.05, 4.69) is 91.5 Å². The van der Waals surface area contributed by atoms with Crippen LogP contribution in [-0.4, -0.2) is 6.29 Å². The summed E-state index contributed by atoms with van der Waals surface area (Å²) in [5.41, 5.74) is 4.68. The van der Waals surface area contributed by atoms with E-state index in [1.807, 2.05) is 0 Å². The van der Waals surface area contributed by atoms with Gasteiger partial charge in [-0.25, -0.2) is 0 Å². The van der Waals surface area contributed by atoms with Crippen LogP contribution in [0.4, 0.5) is 16.4 Å². The Morgan fingerprint density at radius 2 is 1.56 bits per heavy atom. The van der Waals surface area contributed by atoms with E-state index in [1.165, 1.54) is 27.6 Å². The van der Waals surface area contributed by atoms with Gasteiger partial charge in [0.05, 0.1) is 16.3 Å². The molecular formula is C24H19NOS. The fraction of sp³-hybridized carbons (Fsp3) is 0.125. The van der Waals surface area contributed by atoms with Gasteiger partial charge in [0.25, 0.3) is 0 Å². The molecule has 0 saturated carbocycles. The molecule has 0 amide bonds. The number of carbonyl (C=O) groups is 1. The number of aldehydes is 1. The number of nitrogens with zero attached hydrogens (tertiary/aromatic N) is 1. The molecule has 0 radical (unpaired) electrons. The number of para-hydroxylation sites is 1. The number of benzene rings is 3. The zero-order valence-electron chi connectivity index (χ0n) is 15.3. The number of thiophene rings is 1. The van der Waals surface area contributed by atoms with E-state index in [0.29, 0.717) is 0 Å². The van der Waals surface area contributed by atoms with Gasteiger partial charge in [0.15, 0.2) is 6.29 Å². The van der Waals surface area contributed by atoms with Crippen LogP contribution in [0.1, 0.15) is 34.6 Å². The first kappa shape index (κ1) is 16.3. The molecule has 3 aromatic carbocycles. The molecular weight excluding hydrogens is 350 g/mol. The maximum absolute atomic E-state index is 11.6. The fourth-order valence-electron chi connectivity index (χ4n) is 4.17. The highest BCUT2D eigenvalue weighted by molar-refractivity contribution is 7.18. The summed E-state index contributed by atoms with van der Waals surface area (Å²) in [5, 5.41) is 3.56. The van der Waals surface area contributed by atoms with Crippen molar-refractivity contribution in [3.63, 3.8) is 0 Å². The summed E-state index contributed by atoms with van der Waals surface area (Å²) in [6.07, 6.45) is 0.963. The molecule has 1 aliphatic heterocycles. The van der Waals surface area contributed by atoms with E-state index in [0.717, 1.165) is 21.9 Å². The molecule has 0 unspecified atom stereocenters. The summed E-state index contributed by atoms with van der Waals surface area (Å²) in [6, 6.07) is 25.5. The third-order valence-electron chi connectivity index (χ3n) is 5.55. The van der Waals surface area contributed by atoms with Crippen molar-refractivity contribution in [2.45, 2.75) is 19.3 Å². The SMILES string of the molecule is CC1(C)c2ccccc2N(c2cccc3ccccc23)c2sc(C=O)cc21. The number of carbonyl (C=O) groups excluding carboxylic acids is 1. The topological polar surface area (TPSA) is 20.3 Å². The van der Waals surface area contributed by atoms with Crippen molar-refractivity contribution in [1.82, 2.24) is 0 Å². The average molecular weight is 369 g/mol. The molecule has 27 heavy (non-hydrogen) atoms. The van der Waals surface area contributed by atoms with E-state index in [1.54, 1.807) is 11.3 Å². The quantitative estimate of drug-likeness (QED) is 0.361. The first-order chi connectivity index (χ1) is 13.1. The Bertz CT molecular complexity index is 1180. The lowest BCUT2D eigenvalue weighted by Gasteiger charge is -2.40. The smallest absolute Gasteiger partial charge is 0.160 e. The number of rotatable bonds is 2. The van der Waals surface area contributed by atoms with Crippen LogP contribution in [-0.2, 0) is 5.41 Å². The van der Waals surface area contributed by atoms with Gasteiger partial charge in [0.2, 0.25) is 0 Å². The van der Waals surface area contributed by atoms with Gasteiger partial charge in [-0.05, 0) is 34.7 Å². The average Bonchev–Trinajstić information content (AvgIpc) is 3.14. The first-order valence-corrected chi connectivity index (χ1v) is 9.90. The Kier molecular flexibility index (Phi) is 3.49. The lowest BCUT2D eigenvalue weighted by atomic mass is 9.75. The zero-order chi connectivity index (χ0) is 18.6. The maximum atomic E-state index is 11.6. The lowest BCUT2D eigenvalue weighted by molar-refractivity contribution is 0.112. The Hall–Kier alpha value is -2.91. The third-order valence-corrected chi connectivity index (χ3v) is 6.60. The van der Waals surface area contributed by atoms with Crippen LogP contribution >= 0.6 is 11.3 Å². The Morgan fingerprint density at radius 1 is 0.852 bits per heavy atom. The molecule has 2 heterocycles. The summed E-state index contributed by atoms with van der Waals surface area (Å²) in [4.78, 5) is 14.7. The highest BCUT2D eigenvalue weighted by atomic mass is 32.1. The van der Waals surface area contributed by atoms with Crippen LogP contribution < -0.4 is 4.90 Å². The van der Waals surface area contributed by atoms with Crippen molar-refractivity contribution in [3.8, 4) is 0 Å². The van der Waals surface area contributed by atoms with Gasteiger partial charge in [0, 0.05) is 10.8 Å². The number of hydrogen-bond acceptors (Lipinski definition) is 3. The Morgan fingerprint density at radius 3 is 2.41 bits per heavy atom. The summed E-state index contributed by atoms with van der Waals surface area (Å²) >= 11 is 1.57. The molecule has 4 aromatic rings. The second-order valence-corrected chi connectivity index (χ2v) is 8.52. The second-order valence-electron chi connectivity index (χ2n) is 7.46. The van der Waals surface area contributed by atoms with E-state index < -0.39 is 0 Å². The molecule has 1 aliphatic rings. The summed E-state index contributed by atoms with van der Waals surface area (Å²) in [6.45, 7) is 4.48. The van der Waals surface area contributed by atoms with E-state index in [4.69, 9.17) is 0 Å². The number of hydrogen-bond donors (Lipinski definition) is 0. The minimum Gasteiger partial charge on any atom is -0.301 e. The molecule has 0 N–H and O–H groups in total. The highest BCUT2D eigenvalue weighted by Crippen LogP contribution is 2.55. The number of fused-ring (bicyclic) bond motifs is 3. The van der Waals surface area contributed by atoms with Crippen molar-refractivity contribution in [2.24, 2.45) is 0 Å². The molecule has 0 fully saturated rings. The van der Waals surface area contributed by atoms with Gasteiger partial charge in [-0.15, -0.1) is 11.3 Å². The Balaban J connectivity index is 1.88. The molecule has 2 nitrogen and oxygen atoms in total. The monoisotopic (exact) mass is 369 g/mol. The predicted octanol–water partition coefficient (Wildman–Crippen LogP) is 6.82. The van der Waals surface area contributed by atoms with Gasteiger partial charge >= 0.3 is 0 Å². The first-order valence-electron chi connectivity index (χ1n) is 9.08. The zero-order valence-corrected chi connectivity index (χ0v) is 16.1. The minimum atomic E-state index is -0.148. The van der Waals surface area contributed by atoms with Crippen molar-refractivity contribution >= 4 is 44.8 Å². The van der Waals surface area contributed by atoms with Gasteiger partial charge in [-0.1, -0.05) is 68.4 Å². The largest absolute Gasteiger partial charge is 0.301 e. The second kappa shape index (κ2) is 5.80. The van der Waals surface area contributed by atoms with Crippen molar-refractivity contribution in [2.75, 3.05) is 4.90 Å². The highest BCUT2D eigenvalue weighted by Gasteiger charge is 2.38. The van der Waals surface area contributed by atoms with Crippen molar-refractivity contribution in [3.05, 3.63) is 88.8 Å². The van der Waals surface area contributed by atoms with Crippen LogP contribution in [0.3, 0.4) is 0 Å². The van der Waals surface area contributed by atoms with Crippen LogP contribution in [0.2, 0.25) is 0 Å².